The molecule has 1 amide bonds. The summed E-state index contributed by atoms with van der Waals surface area (Å²) in [6, 6.07) is 5.26. The molecule has 2 N–H and O–H groups in total. The van der Waals surface area contributed by atoms with Gasteiger partial charge in [-0.05, 0) is 18.6 Å². The molecule has 1 aromatic carbocycles. The number of carbonyl (C=O) groups excluding carboxylic acids is 1. The Morgan fingerprint density at radius 2 is 2.44 bits per heavy atom. The van der Waals surface area contributed by atoms with Crippen LogP contribution in [0.25, 0.3) is 11.0 Å². The molecule has 16 heavy (non-hydrogen) atoms. The average molecular weight is 219 g/mol. The van der Waals surface area contributed by atoms with Crippen molar-refractivity contribution in [3.63, 3.8) is 0 Å². The molecule has 0 unspecified atom stereocenters. The Kier molecular flexibility index (Phi) is 3.05. The van der Waals surface area contributed by atoms with E-state index in [1.54, 1.807) is 24.5 Å². The van der Waals surface area contributed by atoms with Crippen LogP contribution < -0.4 is 10.1 Å². The van der Waals surface area contributed by atoms with Gasteiger partial charge in [0.2, 0.25) is 0 Å². The van der Waals surface area contributed by atoms with Crippen LogP contribution >= 0.6 is 0 Å². The van der Waals surface area contributed by atoms with Gasteiger partial charge < -0.3 is 15.0 Å². The van der Waals surface area contributed by atoms with Gasteiger partial charge in [-0.3, -0.25) is 0 Å². The molecule has 0 aliphatic carbocycles. The molecule has 0 saturated carbocycles. The normalized spacial score (nSPS) is 10.3. The smallest absolute Gasteiger partial charge is 0.410 e. The van der Waals surface area contributed by atoms with E-state index in [0.717, 1.165) is 17.5 Å². The quantitative estimate of drug-likeness (QED) is 0.830. The van der Waals surface area contributed by atoms with Gasteiger partial charge in [-0.15, -0.1) is 0 Å². The van der Waals surface area contributed by atoms with Gasteiger partial charge in [0.05, 0.1) is 17.4 Å². The Hall–Kier alpha value is -2.04. The molecule has 84 valence electrons. The number of hydrogen-bond donors (Lipinski definition) is 2. The molecule has 0 atom stereocenters. The van der Waals surface area contributed by atoms with Crippen molar-refractivity contribution >= 4 is 17.1 Å². The van der Waals surface area contributed by atoms with E-state index in [4.69, 9.17) is 4.74 Å². The van der Waals surface area contributed by atoms with Gasteiger partial charge >= 0.3 is 6.09 Å². The van der Waals surface area contributed by atoms with Crippen LogP contribution in [0.5, 0.6) is 5.75 Å². The first-order valence-electron chi connectivity index (χ1n) is 5.18. The van der Waals surface area contributed by atoms with Gasteiger partial charge in [0.15, 0.2) is 0 Å². The van der Waals surface area contributed by atoms with Crippen molar-refractivity contribution in [1.82, 2.24) is 15.3 Å². The average Bonchev–Trinajstić information content (AvgIpc) is 2.73. The molecule has 0 bridgehead atoms. The van der Waals surface area contributed by atoms with Crippen LogP contribution in [0.4, 0.5) is 4.79 Å². The zero-order chi connectivity index (χ0) is 11.4. The molecule has 0 fully saturated rings. The van der Waals surface area contributed by atoms with Gasteiger partial charge in [0.1, 0.15) is 5.75 Å². The van der Waals surface area contributed by atoms with Crippen LogP contribution in [-0.2, 0) is 0 Å². The van der Waals surface area contributed by atoms with Crippen LogP contribution in [0.3, 0.4) is 0 Å². The maximum Gasteiger partial charge on any atom is 0.412 e. The Balaban J connectivity index is 2.06. The third-order valence-corrected chi connectivity index (χ3v) is 2.12. The Morgan fingerprint density at radius 3 is 3.25 bits per heavy atom. The highest BCUT2D eigenvalue weighted by molar-refractivity contribution is 5.78. The number of benzene rings is 1. The van der Waals surface area contributed by atoms with Crippen LogP contribution in [-0.4, -0.2) is 22.6 Å². The van der Waals surface area contributed by atoms with Gasteiger partial charge in [-0.2, -0.15) is 0 Å². The Bertz CT molecular complexity index is 493. The molecule has 5 heteroatoms. The molecular weight excluding hydrogens is 206 g/mol. The standard InChI is InChI=1S/C11H13N3O2/c1-2-5-12-11(15)16-8-3-4-9-10(6-8)14-7-13-9/h3-4,6-7H,2,5H2,1H3,(H,12,15)(H,13,14). The number of hydrogen-bond acceptors (Lipinski definition) is 3. The first-order valence-corrected chi connectivity index (χ1v) is 5.18. The lowest BCUT2D eigenvalue weighted by atomic mass is 10.3. The minimum Gasteiger partial charge on any atom is -0.410 e. The number of ether oxygens (including phenoxy) is 1. The van der Waals surface area contributed by atoms with Crippen LogP contribution in [0, 0.1) is 0 Å². The van der Waals surface area contributed by atoms with E-state index < -0.39 is 6.09 Å². The van der Waals surface area contributed by atoms with Crippen molar-refractivity contribution in [3.8, 4) is 5.75 Å². The van der Waals surface area contributed by atoms with Crippen molar-refractivity contribution in [3.05, 3.63) is 24.5 Å². The number of nitrogens with one attached hydrogen (secondary N) is 2. The zero-order valence-corrected chi connectivity index (χ0v) is 8.99. The number of amides is 1. The molecule has 1 heterocycles. The van der Waals surface area contributed by atoms with Gasteiger partial charge in [0, 0.05) is 12.6 Å². The van der Waals surface area contributed by atoms with Crippen molar-refractivity contribution < 1.29 is 9.53 Å². The molecule has 0 aliphatic rings. The largest absolute Gasteiger partial charge is 0.412 e. The lowest BCUT2D eigenvalue weighted by Crippen LogP contribution is -2.27. The molecule has 0 saturated heterocycles. The second-order valence-corrected chi connectivity index (χ2v) is 3.40. The molecule has 2 aromatic rings. The van der Waals surface area contributed by atoms with Crippen LogP contribution in [0.2, 0.25) is 0 Å². The van der Waals surface area contributed by atoms with Gasteiger partial charge in [-0.25, -0.2) is 9.78 Å². The molecule has 0 aliphatic heterocycles. The number of aromatic amines is 1. The third-order valence-electron chi connectivity index (χ3n) is 2.12. The molecule has 2 rings (SSSR count). The molecule has 0 spiro atoms. The Labute approximate surface area is 92.8 Å². The third kappa shape index (κ3) is 2.31. The fourth-order valence-corrected chi connectivity index (χ4v) is 1.35. The maximum absolute atomic E-state index is 11.3. The summed E-state index contributed by atoms with van der Waals surface area (Å²) in [6.07, 6.45) is 2.06. The number of aromatic nitrogens is 2. The van der Waals surface area contributed by atoms with Crippen molar-refractivity contribution in [2.75, 3.05) is 6.54 Å². The second-order valence-electron chi connectivity index (χ2n) is 3.40. The lowest BCUT2D eigenvalue weighted by Gasteiger charge is -2.04. The monoisotopic (exact) mass is 219 g/mol. The maximum atomic E-state index is 11.3. The lowest BCUT2D eigenvalue weighted by molar-refractivity contribution is 0.200. The van der Waals surface area contributed by atoms with E-state index in [-0.39, 0.29) is 0 Å². The first kappa shape index (κ1) is 10.5. The highest BCUT2D eigenvalue weighted by Gasteiger charge is 2.04. The zero-order valence-electron chi connectivity index (χ0n) is 8.99. The van der Waals surface area contributed by atoms with Crippen LogP contribution in [0.15, 0.2) is 24.5 Å². The summed E-state index contributed by atoms with van der Waals surface area (Å²) in [5.74, 6) is 0.505. The molecule has 0 radical (unpaired) electrons. The van der Waals surface area contributed by atoms with Gasteiger partial charge in [0.25, 0.3) is 0 Å². The van der Waals surface area contributed by atoms with E-state index in [1.807, 2.05) is 6.92 Å². The number of carbonyl (C=O) groups is 1. The van der Waals surface area contributed by atoms with E-state index in [2.05, 4.69) is 15.3 Å². The highest BCUT2D eigenvalue weighted by Crippen LogP contribution is 2.17. The number of fused-ring (bicyclic) bond motifs is 1. The van der Waals surface area contributed by atoms with E-state index in [9.17, 15) is 4.79 Å². The summed E-state index contributed by atoms with van der Waals surface area (Å²) < 4.78 is 5.10. The molecule has 5 nitrogen and oxygen atoms in total. The van der Waals surface area contributed by atoms with Crippen molar-refractivity contribution in [2.24, 2.45) is 0 Å². The Morgan fingerprint density at radius 1 is 1.56 bits per heavy atom. The number of imidazole rings is 1. The van der Waals surface area contributed by atoms with Gasteiger partial charge in [-0.1, -0.05) is 6.92 Å². The summed E-state index contributed by atoms with van der Waals surface area (Å²) in [6.45, 7) is 2.60. The number of H-pyrrole nitrogens is 1. The van der Waals surface area contributed by atoms with E-state index in [1.165, 1.54) is 0 Å². The number of rotatable bonds is 3. The number of nitrogens with zero attached hydrogens (tertiary/aromatic N) is 1. The fraction of sp³-hybridized carbons (Fsp3) is 0.273. The topological polar surface area (TPSA) is 67.0 Å². The predicted molar refractivity (Wildman–Crippen MR) is 60.4 cm³/mol. The second kappa shape index (κ2) is 4.65. The summed E-state index contributed by atoms with van der Waals surface area (Å²) in [7, 11) is 0. The summed E-state index contributed by atoms with van der Waals surface area (Å²) in [5, 5.41) is 2.64. The predicted octanol–water partition coefficient (Wildman–Crippen LogP) is 2.06. The summed E-state index contributed by atoms with van der Waals surface area (Å²) >= 11 is 0. The first-order chi connectivity index (χ1) is 7.79. The fourth-order valence-electron chi connectivity index (χ4n) is 1.35. The summed E-state index contributed by atoms with van der Waals surface area (Å²) in [4.78, 5) is 18.3. The van der Waals surface area contributed by atoms with Crippen molar-refractivity contribution in [2.45, 2.75) is 13.3 Å². The summed E-state index contributed by atoms with van der Waals surface area (Å²) in [5.41, 5.74) is 1.70. The van der Waals surface area contributed by atoms with Crippen LogP contribution in [0.1, 0.15) is 13.3 Å². The minimum absolute atomic E-state index is 0.430. The van der Waals surface area contributed by atoms with E-state index in [0.29, 0.717) is 12.3 Å². The molecular formula is C11H13N3O2. The highest BCUT2D eigenvalue weighted by atomic mass is 16.6. The van der Waals surface area contributed by atoms with E-state index >= 15 is 0 Å². The SMILES string of the molecule is CCCNC(=O)Oc1ccc2nc[nH]c2c1. The molecule has 1 aromatic heterocycles. The minimum atomic E-state index is -0.430. The van der Waals surface area contributed by atoms with Crippen molar-refractivity contribution in [1.29, 1.82) is 0 Å².